The number of nitrogens with one attached hydrogen (secondary N) is 1. The summed E-state index contributed by atoms with van der Waals surface area (Å²) in [5, 5.41) is 11.9. The van der Waals surface area contributed by atoms with Gasteiger partial charge in [-0.15, -0.1) is 0 Å². The van der Waals surface area contributed by atoms with Crippen LogP contribution in [0.1, 0.15) is 25.4 Å². The second-order valence-corrected chi connectivity index (χ2v) is 3.78. The number of hydrogen-bond donors (Lipinski definition) is 1. The summed E-state index contributed by atoms with van der Waals surface area (Å²) in [4.78, 5) is 4.23. The van der Waals surface area contributed by atoms with E-state index >= 15 is 0 Å². The monoisotopic (exact) mass is 234 g/mol. The maximum Gasteiger partial charge on any atom is 0.148 e. The molecule has 0 aliphatic rings. The van der Waals surface area contributed by atoms with E-state index in [9.17, 15) is 0 Å². The van der Waals surface area contributed by atoms with E-state index in [1.165, 1.54) is 0 Å². The van der Waals surface area contributed by atoms with Gasteiger partial charge >= 0.3 is 0 Å². The Labute approximate surface area is 101 Å². The first-order valence-electron chi connectivity index (χ1n) is 5.93. The average molecular weight is 234 g/mol. The van der Waals surface area contributed by atoms with E-state index in [0.717, 1.165) is 31.2 Å². The molecule has 0 atom stereocenters. The van der Waals surface area contributed by atoms with Gasteiger partial charge in [0.1, 0.15) is 18.7 Å². The maximum absolute atomic E-state index is 4.47. The molecule has 0 fully saturated rings. The number of aromatic nitrogens is 5. The van der Waals surface area contributed by atoms with E-state index in [1.807, 2.05) is 21.6 Å². The predicted molar refractivity (Wildman–Crippen MR) is 64.4 cm³/mol. The van der Waals surface area contributed by atoms with Gasteiger partial charge in [0.05, 0.1) is 5.69 Å². The third kappa shape index (κ3) is 2.91. The molecule has 0 saturated heterocycles. The zero-order valence-electron chi connectivity index (χ0n) is 10.3. The normalized spacial score (nSPS) is 10.9. The molecule has 2 aromatic rings. The molecule has 17 heavy (non-hydrogen) atoms. The molecule has 0 spiro atoms. The highest BCUT2D eigenvalue weighted by molar-refractivity contribution is 4.99. The second kappa shape index (κ2) is 5.58. The average Bonchev–Trinajstić information content (AvgIpc) is 2.96. The van der Waals surface area contributed by atoms with E-state index in [4.69, 9.17) is 0 Å². The summed E-state index contributed by atoms with van der Waals surface area (Å²) in [6, 6.07) is 2.02. The first kappa shape index (κ1) is 11.8. The van der Waals surface area contributed by atoms with Crippen LogP contribution < -0.4 is 5.32 Å². The van der Waals surface area contributed by atoms with Crippen LogP contribution in [0, 0.1) is 0 Å². The SMILES string of the molecule is CCNCc1ccn(Cc2ncnn2CC)n1. The minimum Gasteiger partial charge on any atom is -0.311 e. The van der Waals surface area contributed by atoms with Gasteiger partial charge in [-0.25, -0.2) is 9.67 Å². The Kier molecular flexibility index (Phi) is 3.87. The topological polar surface area (TPSA) is 60.6 Å². The van der Waals surface area contributed by atoms with Gasteiger partial charge in [0.2, 0.25) is 0 Å². The van der Waals surface area contributed by atoms with Crippen LogP contribution >= 0.6 is 0 Å². The highest BCUT2D eigenvalue weighted by Crippen LogP contribution is 2.00. The van der Waals surface area contributed by atoms with Crippen molar-refractivity contribution in [1.29, 1.82) is 0 Å². The lowest BCUT2D eigenvalue weighted by Gasteiger charge is -2.03. The molecule has 6 nitrogen and oxygen atoms in total. The highest BCUT2D eigenvalue weighted by Gasteiger charge is 2.05. The van der Waals surface area contributed by atoms with Gasteiger partial charge in [-0.1, -0.05) is 6.92 Å². The van der Waals surface area contributed by atoms with Crippen LogP contribution in [0.25, 0.3) is 0 Å². The lowest BCUT2D eigenvalue weighted by molar-refractivity contribution is 0.561. The lowest BCUT2D eigenvalue weighted by Crippen LogP contribution is -2.13. The fourth-order valence-electron chi connectivity index (χ4n) is 1.66. The fraction of sp³-hybridized carbons (Fsp3) is 0.545. The largest absolute Gasteiger partial charge is 0.311 e. The van der Waals surface area contributed by atoms with Gasteiger partial charge in [0.15, 0.2) is 0 Å². The molecule has 92 valence electrons. The molecule has 0 saturated carbocycles. The Morgan fingerprint density at radius 2 is 2.24 bits per heavy atom. The summed E-state index contributed by atoms with van der Waals surface area (Å²) < 4.78 is 3.77. The number of rotatable bonds is 6. The zero-order chi connectivity index (χ0) is 12.1. The summed E-state index contributed by atoms with van der Waals surface area (Å²) >= 11 is 0. The molecule has 0 radical (unpaired) electrons. The molecule has 2 rings (SSSR count). The van der Waals surface area contributed by atoms with Crippen LogP contribution in [0.5, 0.6) is 0 Å². The molecule has 2 aromatic heterocycles. The van der Waals surface area contributed by atoms with Crippen molar-refractivity contribution in [2.75, 3.05) is 6.54 Å². The van der Waals surface area contributed by atoms with Gasteiger partial charge in [0.25, 0.3) is 0 Å². The molecule has 1 N–H and O–H groups in total. The molecule has 0 bridgehead atoms. The molecule has 0 aliphatic carbocycles. The Morgan fingerprint density at radius 1 is 1.35 bits per heavy atom. The van der Waals surface area contributed by atoms with Crippen LogP contribution in [0.4, 0.5) is 0 Å². The first-order valence-corrected chi connectivity index (χ1v) is 5.93. The molecule has 6 heteroatoms. The minimum absolute atomic E-state index is 0.667. The van der Waals surface area contributed by atoms with Gasteiger partial charge < -0.3 is 5.32 Å². The minimum atomic E-state index is 0.667. The Balaban J connectivity index is 2.01. The Bertz CT molecular complexity index is 458. The van der Waals surface area contributed by atoms with Crippen LogP contribution in [0.15, 0.2) is 18.6 Å². The predicted octanol–water partition coefficient (Wildman–Crippen LogP) is 0.652. The molecular weight excluding hydrogens is 216 g/mol. The Hall–Kier alpha value is -1.69. The van der Waals surface area contributed by atoms with E-state index in [-0.39, 0.29) is 0 Å². The smallest absolute Gasteiger partial charge is 0.148 e. The second-order valence-electron chi connectivity index (χ2n) is 3.78. The number of hydrogen-bond acceptors (Lipinski definition) is 4. The van der Waals surface area contributed by atoms with Crippen molar-refractivity contribution in [2.45, 2.75) is 33.5 Å². The van der Waals surface area contributed by atoms with Crippen molar-refractivity contribution in [3.63, 3.8) is 0 Å². The lowest BCUT2D eigenvalue weighted by atomic mass is 10.4. The highest BCUT2D eigenvalue weighted by atomic mass is 15.4. The molecule has 0 aliphatic heterocycles. The number of nitrogens with zero attached hydrogens (tertiary/aromatic N) is 5. The van der Waals surface area contributed by atoms with Crippen LogP contribution in [0.2, 0.25) is 0 Å². The van der Waals surface area contributed by atoms with Crippen LogP contribution in [-0.2, 0) is 19.6 Å². The molecule has 0 unspecified atom stereocenters. The fourth-order valence-corrected chi connectivity index (χ4v) is 1.66. The van der Waals surface area contributed by atoms with Crippen molar-refractivity contribution in [1.82, 2.24) is 29.9 Å². The number of aryl methyl sites for hydroxylation is 1. The van der Waals surface area contributed by atoms with Crippen molar-refractivity contribution >= 4 is 0 Å². The summed E-state index contributed by atoms with van der Waals surface area (Å²) in [5.41, 5.74) is 1.05. The summed E-state index contributed by atoms with van der Waals surface area (Å²) in [6.07, 6.45) is 3.56. The third-order valence-electron chi connectivity index (χ3n) is 2.55. The van der Waals surface area contributed by atoms with Crippen LogP contribution in [-0.4, -0.2) is 31.1 Å². The maximum atomic E-state index is 4.47. The molecule has 0 aromatic carbocycles. The van der Waals surface area contributed by atoms with Crippen molar-refractivity contribution in [3.05, 3.63) is 30.1 Å². The van der Waals surface area contributed by atoms with Crippen molar-refractivity contribution < 1.29 is 0 Å². The third-order valence-corrected chi connectivity index (χ3v) is 2.55. The van der Waals surface area contributed by atoms with Gasteiger partial charge in [0, 0.05) is 19.3 Å². The first-order chi connectivity index (χ1) is 8.33. The molecule has 2 heterocycles. The standard InChI is InChI=1S/C11H18N6/c1-3-12-7-10-5-6-16(15-10)8-11-13-9-14-17(11)4-2/h5-6,9,12H,3-4,7-8H2,1-2H3. The van der Waals surface area contributed by atoms with Crippen molar-refractivity contribution in [3.8, 4) is 0 Å². The van der Waals surface area contributed by atoms with Crippen molar-refractivity contribution in [2.24, 2.45) is 0 Å². The summed E-state index contributed by atoms with van der Waals surface area (Å²) in [5.74, 6) is 0.936. The van der Waals surface area contributed by atoms with Gasteiger partial charge in [-0.05, 0) is 19.5 Å². The van der Waals surface area contributed by atoms with Crippen LogP contribution in [0.3, 0.4) is 0 Å². The molecule has 0 amide bonds. The zero-order valence-corrected chi connectivity index (χ0v) is 10.3. The van der Waals surface area contributed by atoms with Gasteiger partial charge in [-0.2, -0.15) is 10.2 Å². The quantitative estimate of drug-likeness (QED) is 0.797. The Morgan fingerprint density at radius 3 is 3.00 bits per heavy atom. The van der Waals surface area contributed by atoms with Gasteiger partial charge in [-0.3, -0.25) is 4.68 Å². The summed E-state index contributed by atoms with van der Waals surface area (Å²) in [7, 11) is 0. The van der Waals surface area contributed by atoms with E-state index in [0.29, 0.717) is 6.54 Å². The van der Waals surface area contributed by atoms with E-state index < -0.39 is 0 Å². The summed E-state index contributed by atoms with van der Waals surface area (Å²) in [6.45, 7) is 7.40. The van der Waals surface area contributed by atoms with E-state index in [1.54, 1.807) is 6.33 Å². The van der Waals surface area contributed by atoms with E-state index in [2.05, 4.69) is 34.3 Å². The molecular formula is C11H18N6.